The maximum atomic E-state index is 8.92. The van der Waals surface area contributed by atoms with Crippen LogP contribution in [0.2, 0.25) is 0 Å². The van der Waals surface area contributed by atoms with E-state index in [1.54, 1.807) is 25.3 Å². The minimum Gasteiger partial charge on any atom is -0.425 e. The molecular formula is C6H9BBrNO2. The maximum absolute atomic E-state index is 8.92. The number of hydrogen-bond donors (Lipinski definition) is 3. The van der Waals surface area contributed by atoms with Gasteiger partial charge in [-0.15, -0.1) is 0 Å². The van der Waals surface area contributed by atoms with Crippen LogP contribution in [0.15, 0.2) is 22.8 Å². The van der Waals surface area contributed by atoms with E-state index >= 15 is 0 Å². The predicted octanol–water partition coefficient (Wildman–Crippen LogP) is 0.153. The second-order valence-corrected chi connectivity index (χ2v) is 3.58. The van der Waals surface area contributed by atoms with Gasteiger partial charge < -0.3 is 15.4 Å². The van der Waals surface area contributed by atoms with E-state index in [1.165, 1.54) is 0 Å². The summed E-state index contributed by atoms with van der Waals surface area (Å²) >= 11 is 3.24. The molecule has 5 heteroatoms. The molecule has 3 N–H and O–H groups in total. The summed E-state index contributed by atoms with van der Waals surface area (Å²) in [5.74, 6) is 0. The van der Waals surface area contributed by atoms with E-state index in [1.807, 2.05) is 0 Å². The molecule has 60 valence electrons. The van der Waals surface area contributed by atoms with Gasteiger partial charge in [0.1, 0.15) is 0 Å². The second-order valence-electron chi connectivity index (χ2n) is 2.66. The third-order valence-corrected chi connectivity index (χ3v) is 2.14. The lowest BCUT2D eigenvalue weighted by molar-refractivity contribution is 0.357. The van der Waals surface area contributed by atoms with Gasteiger partial charge in [-0.2, -0.15) is 0 Å². The van der Waals surface area contributed by atoms with Crippen LogP contribution in [0.25, 0.3) is 0 Å². The average Bonchev–Trinajstić information content (AvgIpc) is 1.95. The molecule has 1 atom stereocenters. The Balaban J connectivity index is 2.74. The fraction of sp³-hybridized carbons (Fsp3) is 0.333. The fourth-order valence-corrected chi connectivity index (χ4v) is 0.981. The largest absolute Gasteiger partial charge is 0.482 e. The van der Waals surface area contributed by atoms with Crippen molar-refractivity contribution in [2.75, 3.05) is 0 Å². The van der Waals surface area contributed by atoms with Gasteiger partial charge in [0.15, 0.2) is 0 Å². The fourth-order valence-electron chi connectivity index (χ4n) is 0.734. The molecule has 0 aromatic rings. The highest BCUT2D eigenvalue weighted by atomic mass is 79.9. The molecule has 0 fully saturated rings. The van der Waals surface area contributed by atoms with Crippen LogP contribution in [0.4, 0.5) is 0 Å². The predicted molar refractivity (Wildman–Crippen MR) is 47.9 cm³/mol. The quantitative estimate of drug-likeness (QED) is 0.549. The minimum atomic E-state index is -1.39. The Morgan fingerprint density at radius 1 is 1.64 bits per heavy atom. The number of hydrogen-bond acceptors (Lipinski definition) is 3. The molecule has 0 amide bonds. The third-order valence-electron chi connectivity index (χ3n) is 1.65. The number of rotatable bonds is 1. The molecule has 0 aromatic heterocycles. The van der Waals surface area contributed by atoms with Crippen molar-refractivity contribution in [3.05, 3.63) is 22.8 Å². The highest BCUT2D eigenvalue weighted by Crippen LogP contribution is 2.17. The topological polar surface area (TPSA) is 52.5 Å². The van der Waals surface area contributed by atoms with Crippen molar-refractivity contribution in [2.45, 2.75) is 12.4 Å². The highest BCUT2D eigenvalue weighted by Gasteiger charge is 2.35. The molecule has 0 aliphatic carbocycles. The smallest absolute Gasteiger partial charge is 0.425 e. The lowest BCUT2D eigenvalue weighted by Crippen LogP contribution is -2.52. The molecule has 1 unspecified atom stereocenters. The Morgan fingerprint density at radius 3 is 2.64 bits per heavy atom. The first kappa shape index (κ1) is 8.84. The zero-order valence-electron chi connectivity index (χ0n) is 6.08. The standard InChI is InChI=1S/C6H9BBrNO2/c1-6(7(10)11)3-2-5(8)4-9-6/h2-4,9-11H,1H3. The number of nitrogens with one attached hydrogen (secondary N) is 1. The molecule has 0 radical (unpaired) electrons. The normalized spacial score (nSPS) is 29.3. The Bertz CT molecular complexity index is 217. The van der Waals surface area contributed by atoms with Gasteiger partial charge in [0.2, 0.25) is 0 Å². The number of allylic oxidation sites excluding steroid dienone is 2. The van der Waals surface area contributed by atoms with Gasteiger partial charge in [-0.3, -0.25) is 0 Å². The van der Waals surface area contributed by atoms with Crippen LogP contribution in [0, 0.1) is 0 Å². The van der Waals surface area contributed by atoms with Gasteiger partial charge in [-0.25, -0.2) is 0 Å². The Hall–Kier alpha value is -0.255. The van der Waals surface area contributed by atoms with E-state index in [0.29, 0.717) is 0 Å². The highest BCUT2D eigenvalue weighted by molar-refractivity contribution is 9.11. The van der Waals surface area contributed by atoms with Crippen LogP contribution >= 0.6 is 15.9 Å². The lowest BCUT2D eigenvalue weighted by Gasteiger charge is -2.27. The van der Waals surface area contributed by atoms with Gasteiger partial charge in [0.05, 0.1) is 5.44 Å². The number of dihydropyridines is 1. The van der Waals surface area contributed by atoms with E-state index in [4.69, 9.17) is 10.0 Å². The van der Waals surface area contributed by atoms with Crippen molar-refractivity contribution in [3.8, 4) is 0 Å². The molecule has 0 aromatic carbocycles. The minimum absolute atomic E-state index is 0.767. The van der Waals surface area contributed by atoms with E-state index in [2.05, 4.69) is 21.2 Å². The van der Waals surface area contributed by atoms with Gasteiger partial charge in [-0.1, -0.05) is 6.08 Å². The van der Waals surface area contributed by atoms with Crippen LogP contribution in [-0.4, -0.2) is 22.6 Å². The summed E-state index contributed by atoms with van der Waals surface area (Å²) in [5, 5.41) is 20.7. The first-order valence-corrected chi connectivity index (χ1v) is 4.03. The molecule has 0 bridgehead atoms. The summed E-state index contributed by atoms with van der Waals surface area (Å²) in [6, 6.07) is 0. The molecule has 3 nitrogen and oxygen atoms in total. The van der Waals surface area contributed by atoms with Crippen LogP contribution < -0.4 is 5.32 Å². The molecule has 11 heavy (non-hydrogen) atoms. The molecule has 1 aliphatic heterocycles. The van der Waals surface area contributed by atoms with E-state index in [-0.39, 0.29) is 0 Å². The van der Waals surface area contributed by atoms with Crippen molar-refractivity contribution >= 4 is 23.0 Å². The molecule has 0 saturated heterocycles. The first-order valence-electron chi connectivity index (χ1n) is 3.23. The van der Waals surface area contributed by atoms with E-state index in [0.717, 1.165) is 4.48 Å². The molecular weight excluding hydrogens is 209 g/mol. The Kier molecular flexibility index (Phi) is 2.42. The first-order chi connectivity index (χ1) is 5.04. The summed E-state index contributed by atoms with van der Waals surface area (Å²) in [6.45, 7) is 1.70. The zero-order chi connectivity index (χ0) is 8.48. The zero-order valence-corrected chi connectivity index (χ0v) is 7.67. The van der Waals surface area contributed by atoms with Gasteiger partial charge in [0.25, 0.3) is 0 Å². The van der Waals surface area contributed by atoms with Crippen LogP contribution in [0.1, 0.15) is 6.92 Å². The maximum Gasteiger partial charge on any atom is 0.482 e. The van der Waals surface area contributed by atoms with Crippen LogP contribution in [0.3, 0.4) is 0 Å². The molecule has 1 aliphatic rings. The van der Waals surface area contributed by atoms with Gasteiger partial charge in [0, 0.05) is 10.7 Å². The number of halogens is 1. The summed E-state index contributed by atoms with van der Waals surface area (Å²) in [4.78, 5) is 0. The van der Waals surface area contributed by atoms with Crippen molar-refractivity contribution in [2.24, 2.45) is 0 Å². The van der Waals surface area contributed by atoms with E-state index < -0.39 is 12.6 Å². The van der Waals surface area contributed by atoms with Crippen molar-refractivity contribution < 1.29 is 10.0 Å². The Morgan fingerprint density at radius 2 is 2.27 bits per heavy atom. The molecule has 0 spiro atoms. The summed E-state index contributed by atoms with van der Waals surface area (Å²) in [5.41, 5.74) is -0.767. The van der Waals surface area contributed by atoms with Crippen molar-refractivity contribution in [1.82, 2.24) is 5.32 Å². The van der Waals surface area contributed by atoms with Gasteiger partial charge in [-0.05, 0) is 28.9 Å². The summed E-state index contributed by atoms with van der Waals surface area (Å²) in [7, 11) is -1.39. The van der Waals surface area contributed by atoms with Crippen molar-refractivity contribution in [1.29, 1.82) is 0 Å². The van der Waals surface area contributed by atoms with E-state index in [9.17, 15) is 0 Å². The second kappa shape index (κ2) is 3.01. The average molecular weight is 218 g/mol. The third kappa shape index (κ3) is 1.86. The van der Waals surface area contributed by atoms with Crippen molar-refractivity contribution in [3.63, 3.8) is 0 Å². The Labute approximate surface area is 74.1 Å². The SMILES string of the molecule is CC1(B(O)O)C=CC(Br)=CN1. The van der Waals surface area contributed by atoms with Crippen LogP contribution in [0.5, 0.6) is 0 Å². The monoisotopic (exact) mass is 217 g/mol. The van der Waals surface area contributed by atoms with Gasteiger partial charge >= 0.3 is 7.12 Å². The molecule has 0 saturated carbocycles. The lowest BCUT2D eigenvalue weighted by atomic mass is 9.65. The summed E-state index contributed by atoms with van der Waals surface area (Å²) in [6.07, 6.45) is 5.15. The molecule has 1 rings (SSSR count). The molecule has 1 heterocycles. The summed E-state index contributed by atoms with van der Waals surface area (Å²) < 4.78 is 0.885. The van der Waals surface area contributed by atoms with Crippen LogP contribution in [-0.2, 0) is 0 Å².